The van der Waals surface area contributed by atoms with Crippen LogP contribution in [0, 0.1) is 6.92 Å². The summed E-state index contributed by atoms with van der Waals surface area (Å²) in [7, 11) is 0. The molecule has 0 bridgehead atoms. The van der Waals surface area contributed by atoms with Crippen molar-refractivity contribution in [1.82, 2.24) is 4.90 Å². The second kappa shape index (κ2) is 9.77. The average Bonchev–Trinajstić information content (AvgIpc) is 3.14. The number of aryl methyl sites for hydroxylation is 1. The van der Waals surface area contributed by atoms with Crippen LogP contribution < -0.4 is 4.74 Å². The van der Waals surface area contributed by atoms with Gasteiger partial charge in [0.2, 0.25) is 0 Å². The molecule has 1 aliphatic rings. The summed E-state index contributed by atoms with van der Waals surface area (Å²) in [5.41, 5.74) is 5.37. The maximum absolute atomic E-state index is 13.0. The zero-order chi connectivity index (χ0) is 23.4. The number of likely N-dealkylation sites (N-methyl/N-ethyl adjacent to an activating group) is 1. The highest BCUT2D eigenvalue weighted by atomic mass is 16.6. The van der Waals surface area contributed by atoms with Gasteiger partial charge < -0.3 is 14.6 Å². The first-order valence-electron chi connectivity index (χ1n) is 11.0. The molecule has 1 amide bonds. The molecule has 3 aromatic carbocycles. The van der Waals surface area contributed by atoms with Crippen molar-refractivity contribution in [3.63, 3.8) is 0 Å². The number of para-hydroxylation sites is 1. The summed E-state index contributed by atoms with van der Waals surface area (Å²) in [4.78, 5) is 26.1. The van der Waals surface area contributed by atoms with Gasteiger partial charge in [-0.25, -0.2) is 9.59 Å². The predicted molar refractivity (Wildman–Crippen MR) is 126 cm³/mol. The maximum Gasteiger partial charge on any atom is 0.410 e. The van der Waals surface area contributed by atoms with Gasteiger partial charge in [-0.2, -0.15) is 0 Å². The van der Waals surface area contributed by atoms with Crippen molar-refractivity contribution in [2.24, 2.45) is 0 Å². The molecule has 0 heterocycles. The second-order valence-electron chi connectivity index (χ2n) is 8.02. The van der Waals surface area contributed by atoms with Crippen molar-refractivity contribution in [3.8, 4) is 16.9 Å². The highest BCUT2D eigenvalue weighted by molar-refractivity contribution is 5.81. The van der Waals surface area contributed by atoms with Crippen LogP contribution in [0.3, 0.4) is 0 Å². The Bertz CT molecular complexity index is 1110. The summed E-state index contributed by atoms with van der Waals surface area (Å²) < 4.78 is 11.4. The molecule has 3 aromatic rings. The lowest BCUT2D eigenvalue weighted by Gasteiger charge is -2.28. The van der Waals surface area contributed by atoms with E-state index in [9.17, 15) is 14.7 Å². The Hall–Kier alpha value is -3.80. The topological polar surface area (TPSA) is 76.1 Å². The van der Waals surface area contributed by atoms with Gasteiger partial charge in [-0.1, -0.05) is 66.7 Å². The minimum atomic E-state index is -1.16. The summed E-state index contributed by atoms with van der Waals surface area (Å²) in [6.07, 6.45) is -0.667. The van der Waals surface area contributed by atoms with Crippen molar-refractivity contribution in [3.05, 3.63) is 89.5 Å². The number of benzene rings is 3. The Morgan fingerprint density at radius 3 is 2.09 bits per heavy atom. The molecule has 0 saturated carbocycles. The monoisotopic (exact) mass is 445 g/mol. The summed E-state index contributed by atoms with van der Waals surface area (Å²) in [5, 5.41) is 9.78. The molecule has 1 N–H and O–H groups in total. The molecule has 4 rings (SSSR count). The molecule has 1 aliphatic carbocycles. The van der Waals surface area contributed by atoms with Crippen LogP contribution in [0.4, 0.5) is 4.79 Å². The maximum atomic E-state index is 13.0. The fourth-order valence-corrected chi connectivity index (χ4v) is 4.34. The Kier molecular flexibility index (Phi) is 6.63. The van der Waals surface area contributed by atoms with Crippen molar-refractivity contribution in [2.45, 2.75) is 25.8 Å². The van der Waals surface area contributed by atoms with Gasteiger partial charge in [0, 0.05) is 12.5 Å². The molecule has 0 fully saturated rings. The van der Waals surface area contributed by atoms with E-state index in [0.717, 1.165) is 27.8 Å². The van der Waals surface area contributed by atoms with Crippen LogP contribution in [0.2, 0.25) is 0 Å². The number of nitrogens with zero attached hydrogens (tertiary/aromatic N) is 1. The minimum Gasteiger partial charge on any atom is -0.491 e. The normalized spacial score (nSPS) is 13.0. The van der Waals surface area contributed by atoms with Gasteiger partial charge >= 0.3 is 12.1 Å². The first-order valence-corrected chi connectivity index (χ1v) is 11.0. The molecule has 0 saturated heterocycles. The minimum absolute atomic E-state index is 0.0912. The number of fused-ring (bicyclic) bond motifs is 3. The largest absolute Gasteiger partial charge is 0.491 e. The van der Waals surface area contributed by atoms with Gasteiger partial charge in [-0.15, -0.1) is 0 Å². The van der Waals surface area contributed by atoms with Crippen LogP contribution in [0.15, 0.2) is 72.8 Å². The van der Waals surface area contributed by atoms with E-state index in [0.29, 0.717) is 5.75 Å². The third-order valence-corrected chi connectivity index (χ3v) is 6.06. The molecule has 0 aromatic heterocycles. The zero-order valence-corrected chi connectivity index (χ0v) is 18.7. The van der Waals surface area contributed by atoms with E-state index in [2.05, 4.69) is 12.1 Å². The number of amides is 1. The van der Waals surface area contributed by atoms with E-state index in [-0.39, 0.29) is 25.7 Å². The van der Waals surface area contributed by atoms with Gasteiger partial charge in [-0.3, -0.25) is 4.90 Å². The molecule has 6 nitrogen and oxygen atoms in total. The van der Waals surface area contributed by atoms with Crippen LogP contribution in [0.1, 0.15) is 29.5 Å². The molecule has 0 unspecified atom stereocenters. The number of carboxylic acid groups (broad SMARTS) is 1. The quantitative estimate of drug-likeness (QED) is 0.522. The fraction of sp³-hybridized carbons (Fsp3) is 0.259. The van der Waals surface area contributed by atoms with Crippen LogP contribution >= 0.6 is 0 Å². The number of carboxylic acids is 1. The first kappa shape index (κ1) is 22.4. The Labute approximate surface area is 193 Å². The first-order chi connectivity index (χ1) is 16.0. The molecule has 0 radical (unpaired) electrons. The molecule has 1 atom stereocenters. The van der Waals surface area contributed by atoms with E-state index in [4.69, 9.17) is 9.47 Å². The number of hydrogen-bond acceptors (Lipinski definition) is 4. The predicted octanol–water partition coefficient (Wildman–Crippen LogP) is 5.10. The van der Waals surface area contributed by atoms with E-state index in [1.54, 1.807) is 13.0 Å². The van der Waals surface area contributed by atoms with E-state index < -0.39 is 18.1 Å². The molecule has 0 spiro atoms. The van der Waals surface area contributed by atoms with Crippen LogP contribution in [-0.4, -0.2) is 47.9 Å². The summed E-state index contributed by atoms with van der Waals surface area (Å²) >= 11 is 0. The van der Waals surface area contributed by atoms with Crippen LogP contribution in [-0.2, 0) is 9.53 Å². The van der Waals surface area contributed by atoms with Crippen LogP contribution in [0.5, 0.6) is 5.75 Å². The number of aliphatic carboxylic acids is 1. The summed E-state index contributed by atoms with van der Waals surface area (Å²) in [6, 6.07) is 22.4. The molecular formula is C27H27NO5. The van der Waals surface area contributed by atoms with Gasteiger partial charge in [0.25, 0.3) is 0 Å². The summed E-state index contributed by atoms with van der Waals surface area (Å²) in [6.45, 7) is 3.76. The van der Waals surface area contributed by atoms with Crippen molar-refractivity contribution >= 4 is 12.1 Å². The summed E-state index contributed by atoms with van der Waals surface area (Å²) in [5.74, 6) is -0.641. The third kappa shape index (κ3) is 4.55. The molecular weight excluding hydrogens is 418 g/mol. The number of rotatable bonds is 8. The lowest BCUT2D eigenvalue weighted by atomic mass is 9.98. The fourth-order valence-electron chi connectivity index (χ4n) is 4.34. The molecule has 6 heteroatoms. The van der Waals surface area contributed by atoms with E-state index >= 15 is 0 Å². The smallest absolute Gasteiger partial charge is 0.410 e. The Morgan fingerprint density at radius 1 is 0.939 bits per heavy atom. The third-order valence-electron chi connectivity index (χ3n) is 6.06. The Morgan fingerprint density at radius 2 is 1.52 bits per heavy atom. The van der Waals surface area contributed by atoms with Gasteiger partial charge in [0.1, 0.15) is 19.0 Å². The van der Waals surface area contributed by atoms with Gasteiger partial charge in [0.15, 0.2) is 6.04 Å². The molecule has 33 heavy (non-hydrogen) atoms. The Balaban J connectivity index is 1.47. The lowest BCUT2D eigenvalue weighted by molar-refractivity contribution is -0.143. The number of carbonyl (C=O) groups excluding carboxylic acids is 1. The number of hydrogen-bond donors (Lipinski definition) is 1. The second-order valence-corrected chi connectivity index (χ2v) is 8.02. The van der Waals surface area contributed by atoms with E-state index in [1.165, 1.54) is 4.90 Å². The standard InChI is InChI=1S/C27H27NO5/c1-3-28(24(26(29)30)17-32-25-15-9-4-10-18(25)2)27(31)33-16-23-21-13-7-5-11-19(21)20-12-6-8-14-22(20)23/h4-15,23-24H,3,16-17H2,1-2H3,(H,29,30)/t24-/m0/s1. The molecule has 0 aliphatic heterocycles. The SMILES string of the molecule is CCN(C(=O)OCC1c2ccccc2-c2ccccc21)[C@@H](COc1ccccc1C)C(=O)O. The van der Waals surface area contributed by atoms with Gasteiger partial charge in [0.05, 0.1) is 0 Å². The van der Waals surface area contributed by atoms with Crippen molar-refractivity contribution in [1.29, 1.82) is 0 Å². The molecule has 170 valence electrons. The highest BCUT2D eigenvalue weighted by Crippen LogP contribution is 2.44. The highest BCUT2D eigenvalue weighted by Gasteiger charge is 2.33. The van der Waals surface area contributed by atoms with Crippen molar-refractivity contribution in [2.75, 3.05) is 19.8 Å². The van der Waals surface area contributed by atoms with E-state index in [1.807, 2.05) is 61.5 Å². The zero-order valence-electron chi connectivity index (χ0n) is 18.7. The number of carbonyl (C=O) groups is 2. The number of ether oxygens (including phenoxy) is 2. The van der Waals surface area contributed by atoms with Crippen LogP contribution in [0.25, 0.3) is 11.1 Å². The lowest BCUT2D eigenvalue weighted by Crippen LogP contribution is -2.48. The van der Waals surface area contributed by atoms with Gasteiger partial charge in [-0.05, 0) is 47.7 Å². The average molecular weight is 446 g/mol. The van der Waals surface area contributed by atoms with Crippen molar-refractivity contribution < 1.29 is 24.2 Å².